The second-order valence-electron chi connectivity index (χ2n) is 6.90. The number of nitrogens with zero attached hydrogens (tertiary/aromatic N) is 1. The van der Waals surface area contributed by atoms with Crippen molar-refractivity contribution in [3.63, 3.8) is 0 Å². The average molecular weight is 386 g/mol. The van der Waals surface area contributed by atoms with Crippen molar-refractivity contribution in [3.8, 4) is 0 Å². The van der Waals surface area contributed by atoms with Crippen LogP contribution >= 0.6 is 0 Å². The summed E-state index contributed by atoms with van der Waals surface area (Å²) in [5.41, 5.74) is 0.497. The maximum atomic E-state index is 13.1. The van der Waals surface area contributed by atoms with E-state index >= 15 is 0 Å². The van der Waals surface area contributed by atoms with Crippen molar-refractivity contribution in [2.45, 2.75) is 32.5 Å². The first-order chi connectivity index (χ1) is 13.3. The van der Waals surface area contributed by atoms with Gasteiger partial charge in [-0.05, 0) is 54.5 Å². The quantitative estimate of drug-likeness (QED) is 0.704. The molecule has 28 heavy (non-hydrogen) atoms. The third kappa shape index (κ3) is 2.96. The van der Waals surface area contributed by atoms with Crippen LogP contribution in [-0.4, -0.2) is 10.5 Å². The van der Waals surface area contributed by atoms with E-state index in [4.69, 9.17) is 0 Å². The smallest absolute Gasteiger partial charge is 0.322 e. The summed E-state index contributed by atoms with van der Waals surface area (Å²) >= 11 is 0. The molecule has 2 heterocycles. The Kier molecular flexibility index (Phi) is 4.25. The zero-order valence-electron chi connectivity index (χ0n) is 15.1. The number of para-hydroxylation sites is 1. The molecular weight excluding hydrogens is 369 g/mol. The molecule has 0 bridgehead atoms. The van der Waals surface area contributed by atoms with Crippen molar-refractivity contribution in [3.05, 3.63) is 75.1 Å². The minimum atomic E-state index is -4.52. The number of carbonyl (C=O) groups excluding carboxylic acids is 1. The van der Waals surface area contributed by atoms with Crippen LogP contribution in [-0.2, 0) is 19.1 Å². The molecule has 0 spiro atoms. The molecule has 4 rings (SSSR count). The first kappa shape index (κ1) is 18.3. The zero-order chi connectivity index (χ0) is 20.1. The number of anilines is 1. The number of carbonyl (C=O) groups is 1. The van der Waals surface area contributed by atoms with Crippen LogP contribution in [0.1, 0.15) is 33.5 Å². The lowest BCUT2D eigenvalue weighted by atomic mass is 10.00. The molecule has 2 aromatic carbocycles. The Morgan fingerprint density at radius 2 is 1.89 bits per heavy atom. The molecule has 1 amide bonds. The van der Waals surface area contributed by atoms with E-state index in [0.717, 1.165) is 35.4 Å². The van der Waals surface area contributed by atoms with E-state index in [9.17, 15) is 22.8 Å². The fraction of sp³-hybridized carbons (Fsp3) is 0.238. The van der Waals surface area contributed by atoms with Crippen LogP contribution < -0.4 is 10.9 Å². The van der Waals surface area contributed by atoms with Gasteiger partial charge in [0.1, 0.15) is 5.56 Å². The Morgan fingerprint density at radius 1 is 1.14 bits per heavy atom. The van der Waals surface area contributed by atoms with Crippen LogP contribution in [0.2, 0.25) is 0 Å². The highest BCUT2D eigenvalue weighted by atomic mass is 19.4. The SMILES string of the molecule is Cc1c(NC(=O)c2cc3cccc4c3n(c2=O)CCC4)cccc1C(F)(F)F. The van der Waals surface area contributed by atoms with Crippen LogP contribution in [0.3, 0.4) is 0 Å². The summed E-state index contributed by atoms with van der Waals surface area (Å²) in [7, 11) is 0. The van der Waals surface area contributed by atoms with E-state index in [-0.39, 0.29) is 16.8 Å². The Labute approximate surface area is 158 Å². The van der Waals surface area contributed by atoms with E-state index < -0.39 is 23.2 Å². The van der Waals surface area contributed by atoms with Crippen LogP contribution in [0.5, 0.6) is 0 Å². The highest BCUT2D eigenvalue weighted by Gasteiger charge is 2.33. The van der Waals surface area contributed by atoms with Gasteiger partial charge in [0.25, 0.3) is 11.5 Å². The number of benzene rings is 2. The van der Waals surface area contributed by atoms with Crippen LogP contribution in [0.25, 0.3) is 10.9 Å². The zero-order valence-corrected chi connectivity index (χ0v) is 15.1. The van der Waals surface area contributed by atoms with Crippen LogP contribution in [0.4, 0.5) is 18.9 Å². The molecule has 3 aromatic rings. The molecule has 0 saturated heterocycles. The second-order valence-corrected chi connectivity index (χ2v) is 6.90. The van der Waals surface area contributed by atoms with Gasteiger partial charge in [-0.15, -0.1) is 0 Å². The molecule has 1 N–H and O–H groups in total. The molecule has 0 saturated carbocycles. The number of amides is 1. The normalized spacial score (nSPS) is 13.6. The van der Waals surface area contributed by atoms with Crippen molar-refractivity contribution in [1.82, 2.24) is 4.57 Å². The molecule has 1 aromatic heterocycles. The summed E-state index contributed by atoms with van der Waals surface area (Å²) in [6.07, 6.45) is -2.86. The maximum absolute atomic E-state index is 13.1. The number of halogens is 3. The lowest BCUT2D eigenvalue weighted by Gasteiger charge is -2.20. The number of aryl methyl sites for hydroxylation is 2. The second kappa shape index (κ2) is 6.51. The summed E-state index contributed by atoms with van der Waals surface area (Å²) in [4.78, 5) is 25.6. The molecule has 7 heteroatoms. The van der Waals surface area contributed by atoms with E-state index in [1.807, 2.05) is 18.2 Å². The average Bonchev–Trinajstić information content (AvgIpc) is 2.65. The number of hydrogen-bond acceptors (Lipinski definition) is 2. The summed E-state index contributed by atoms with van der Waals surface area (Å²) in [6, 6.07) is 10.8. The number of rotatable bonds is 2. The summed E-state index contributed by atoms with van der Waals surface area (Å²) in [5.74, 6) is -0.714. The summed E-state index contributed by atoms with van der Waals surface area (Å²) in [6.45, 7) is 1.80. The summed E-state index contributed by atoms with van der Waals surface area (Å²) < 4.78 is 40.9. The first-order valence-corrected chi connectivity index (χ1v) is 8.91. The lowest BCUT2D eigenvalue weighted by Crippen LogP contribution is -2.31. The number of pyridine rings is 1. The first-order valence-electron chi connectivity index (χ1n) is 8.91. The lowest BCUT2D eigenvalue weighted by molar-refractivity contribution is -0.138. The predicted molar refractivity (Wildman–Crippen MR) is 101 cm³/mol. The van der Waals surface area contributed by atoms with E-state index in [1.165, 1.54) is 25.1 Å². The van der Waals surface area contributed by atoms with Crippen LogP contribution in [0, 0.1) is 6.92 Å². The highest BCUT2D eigenvalue weighted by molar-refractivity contribution is 6.06. The van der Waals surface area contributed by atoms with Gasteiger partial charge in [0.05, 0.1) is 11.1 Å². The van der Waals surface area contributed by atoms with Gasteiger partial charge in [-0.3, -0.25) is 9.59 Å². The van der Waals surface area contributed by atoms with Crippen LogP contribution in [0.15, 0.2) is 47.3 Å². The topological polar surface area (TPSA) is 51.1 Å². The molecular formula is C21H17F3N2O2. The van der Waals surface area contributed by atoms with Crippen molar-refractivity contribution < 1.29 is 18.0 Å². The fourth-order valence-electron chi connectivity index (χ4n) is 3.79. The van der Waals surface area contributed by atoms with Crippen molar-refractivity contribution in [1.29, 1.82) is 0 Å². The third-order valence-electron chi connectivity index (χ3n) is 5.16. The molecule has 4 nitrogen and oxygen atoms in total. The number of aromatic nitrogens is 1. The van der Waals surface area contributed by atoms with Gasteiger partial charge in [-0.2, -0.15) is 13.2 Å². The Balaban J connectivity index is 1.78. The molecule has 0 radical (unpaired) electrons. The molecule has 1 aliphatic heterocycles. The predicted octanol–water partition coefficient (Wildman–Crippen LogP) is 4.53. The van der Waals surface area contributed by atoms with Gasteiger partial charge in [-0.1, -0.05) is 24.3 Å². The van der Waals surface area contributed by atoms with Gasteiger partial charge in [0, 0.05) is 12.2 Å². The Bertz CT molecular complexity index is 1160. The molecule has 0 fully saturated rings. The minimum absolute atomic E-state index is 0.0340. The van der Waals surface area contributed by atoms with E-state index in [2.05, 4.69) is 5.32 Å². The Hall–Kier alpha value is -3.09. The molecule has 0 atom stereocenters. The van der Waals surface area contributed by atoms with E-state index in [1.54, 1.807) is 4.57 Å². The van der Waals surface area contributed by atoms with Gasteiger partial charge in [-0.25, -0.2) is 0 Å². The highest BCUT2D eigenvalue weighted by Crippen LogP contribution is 2.34. The molecule has 1 aliphatic rings. The summed E-state index contributed by atoms with van der Waals surface area (Å²) in [5, 5.41) is 3.24. The van der Waals surface area contributed by atoms with Crippen molar-refractivity contribution in [2.75, 3.05) is 5.32 Å². The van der Waals surface area contributed by atoms with Gasteiger partial charge < -0.3 is 9.88 Å². The standard InChI is InChI=1S/C21H17F3N2O2/c1-12-16(21(22,23)24)8-3-9-17(12)25-19(27)15-11-14-6-2-5-13-7-4-10-26(18(13)14)20(15)28/h2-3,5-6,8-9,11H,4,7,10H2,1H3,(H,25,27). The van der Waals surface area contributed by atoms with Crippen molar-refractivity contribution in [2.24, 2.45) is 0 Å². The molecule has 0 unspecified atom stereocenters. The monoisotopic (exact) mass is 386 g/mol. The number of hydrogen-bond donors (Lipinski definition) is 1. The maximum Gasteiger partial charge on any atom is 0.416 e. The molecule has 144 valence electrons. The van der Waals surface area contributed by atoms with Gasteiger partial charge in [0.2, 0.25) is 0 Å². The number of alkyl halides is 3. The largest absolute Gasteiger partial charge is 0.416 e. The minimum Gasteiger partial charge on any atom is -0.322 e. The van der Waals surface area contributed by atoms with Gasteiger partial charge in [0.15, 0.2) is 0 Å². The van der Waals surface area contributed by atoms with Crippen molar-refractivity contribution >= 4 is 22.5 Å². The van der Waals surface area contributed by atoms with E-state index in [0.29, 0.717) is 6.54 Å². The van der Waals surface area contributed by atoms with Gasteiger partial charge >= 0.3 is 6.18 Å². The fourth-order valence-corrected chi connectivity index (χ4v) is 3.79. The Morgan fingerprint density at radius 3 is 2.64 bits per heavy atom. The molecule has 0 aliphatic carbocycles. The number of nitrogens with one attached hydrogen (secondary N) is 1. The third-order valence-corrected chi connectivity index (χ3v) is 5.16.